The number of hydrogen-bond acceptors (Lipinski definition) is 3. The molecule has 1 rings (SSSR count). The number of rotatable bonds is 5. The van der Waals surface area contributed by atoms with Crippen LogP contribution in [-0.4, -0.2) is 55.6 Å². The highest BCUT2D eigenvalue weighted by Gasteiger charge is 2.22. The third-order valence-electron chi connectivity index (χ3n) is 3.36. The summed E-state index contributed by atoms with van der Waals surface area (Å²) in [6.07, 6.45) is 5.02. The fourth-order valence-corrected chi connectivity index (χ4v) is 2.41. The second-order valence-corrected chi connectivity index (χ2v) is 5.07. The summed E-state index contributed by atoms with van der Waals surface area (Å²) in [6, 6.07) is 1.10. The molecule has 1 aliphatic heterocycles. The minimum Gasteiger partial charge on any atom is -0.327 e. The van der Waals surface area contributed by atoms with Crippen LogP contribution in [0.5, 0.6) is 0 Å². The lowest BCUT2D eigenvalue weighted by molar-refractivity contribution is 0.127. The van der Waals surface area contributed by atoms with E-state index in [1.807, 2.05) is 0 Å². The van der Waals surface area contributed by atoms with Crippen LogP contribution in [0.4, 0.5) is 0 Å². The molecule has 1 saturated heterocycles. The molecule has 1 aliphatic rings. The standard InChI is InChI=1S/C12H27N3/c1-4-6-11(13)9-15-8-5-7-12(10-15)14(2)3/h11-12H,4-10,13H2,1-3H3. The van der Waals surface area contributed by atoms with E-state index in [-0.39, 0.29) is 0 Å². The van der Waals surface area contributed by atoms with Crippen LogP contribution in [0.1, 0.15) is 32.6 Å². The maximum Gasteiger partial charge on any atom is 0.0217 e. The van der Waals surface area contributed by atoms with Gasteiger partial charge in [0.2, 0.25) is 0 Å². The van der Waals surface area contributed by atoms with Gasteiger partial charge in [-0.1, -0.05) is 13.3 Å². The van der Waals surface area contributed by atoms with Crippen molar-refractivity contribution in [2.45, 2.75) is 44.7 Å². The number of likely N-dealkylation sites (N-methyl/N-ethyl adjacent to an activating group) is 1. The maximum atomic E-state index is 6.08. The van der Waals surface area contributed by atoms with E-state index in [1.165, 1.54) is 32.4 Å². The lowest BCUT2D eigenvalue weighted by Gasteiger charge is -2.37. The first-order valence-corrected chi connectivity index (χ1v) is 6.27. The molecule has 0 saturated carbocycles. The molecule has 0 spiro atoms. The van der Waals surface area contributed by atoms with Crippen LogP contribution in [0.25, 0.3) is 0 Å². The Kier molecular flexibility index (Phi) is 5.58. The van der Waals surface area contributed by atoms with Gasteiger partial charge in [0.15, 0.2) is 0 Å². The molecule has 0 aromatic rings. The molecule has 2 atom stereocenters. The Balaban J connectivity index is 2.29. The van der Waals surface area contributed by atoms with Gasteiger partial charge in [-0.15, -0.1) is 0 Å². The third kappa shape index (κ3) is 4.49. The zero-order valence-corrected chi connectivity index (χ0v) is 10.6. The molecule has 15 heavy (non-hydrogen) atoms. The average molecular weight is 213 g/mol. The first kappa shape index (κ1) is 12.9. The van der Waals surface area contributed by atoms with Crippen molar-refractivity contribution in [1.82, 2.24) is 9.80 Å². The molecule has 0 aromatic heterocycles. The van der Waals surface area contributed by atoms with E-state index in [9.17, 15) is 0 Å². The highest BCUT2D eigenvalue weighted by molar-refractivity contribution is 4.80. The molecular weight excluding hydrogens is 186 g/mol. The Bertz CT molecular complexity index is 170. The van der Waals surface area contributed by atoms with Gasteiger partial charge >= 0.3 is 0 Å². The van der Waals surface area contributed by atoms with E-state index in [0.717, 1.165) is 19.0 Å². The molecule has 1 heterocycles. The second kappa shape index (κ2) is 6.46. The number of nitrogens with two attached hydrogens (primary N) is 1. The molecule has 3 nitrogen and oxygen atoms in total. The van der Waals surface area contributed by atoms with Crippen molar-refractivity contribution in [3.05, 3.63) is 0 Å². The van der Waals surface area contributed by atoms with Crippen molar-refractivity contribution in [3.8, 4) is 0 Å². The Hall–Kier alpha value is -0.120. The van der Waals surface area contributed by atoms with Gasteiger partial charge in [0.1, 0.15) is 0 Å². The molecule has 0 radical (unpaired) electrons. The van der Waals surface area contributed by atoms with Crippen LogP contribution < -0.4 is 5.73 Å². The second-order valence-electron chi connectivity index (χ2n) is 5.07. The van der Waals surface area contributed by atoms with E-state index in [4.69, 9.17) is 5.73 Å². The number of hydrogen-bond donors (Lipinski definition) is 1. The van der Waals surface area contributed by atoms with Gasteiger partial charge in [-0.05, 0) is 39.9 Å². The van der Waals surface area contributed by atoms with Crippen LogP contribution in [0, 0.1) is 0 Å². The number of piperidine rings is 1. The molecule has 0 aliphatic carbocycles. The Morgan fingerprint density at radius 1 is 1.47 bits per heavy atom. The molecule has 0 bridgehead atoms. The lowest BCUT2D eigenvalue weighted by atomic mass is 10.0. The molecule has 90 valence electrons. The first-order valence-electron chi connectivity index (χ1n) is 6.27. The van der Waals surface area contributed by atoms with Crippen LogP contribution in [0.3, 0.4) is 0 Å². The van der Waals surface area contributed by atoms with Crippen molar-refractivity contribution >= 4 is 0 Å². The minimum atomic E-state index is 0.371. The predicted octanol–water partition coefficient (Wildman–Crippen LogP) is 1.14. The summed E-state index contributed by atoms with van der Waals surface area (Å²) in [5.41, 5.74) is 6.08. The molecule has 0 aromatic carbocycles. The largest absolute Gasteiger partial charge is 0.327 e. The van der Waals surface area contributed by atoms with Gasteiger partial charge < -0.3 is 15.5 Å². The summed E-state index contributed by atoms with van der Waals surface area (Å²) in [7, 11) is 4.36. The molecule has 3 heteroatoms. The van der Waals surface area contributed by atoms with Crippen molar-refractivity contribution in [1.29, 1.82) is 0 Å². The minimum absolute atomic E-state index is 0.371. The Morgan fingerprint density at radius 3 is 2.80 bits per heavy atom. The summed E-state index contributed by atoms with van der Waals surface area (Å²) in [4.78, 5) is 4.88. The van der Waals surface area contributed by atoms with Crippen molar-refractivity contribution in [3.63, 3.8) is 0 Å². The lowest BCUT2D eigenvalue weighted by Crippen LogP contribution is -2.48. The quantitative estimate of drug-likeness (QED) is 0.743. The monoisotopic (exact) mass is 213 g/mol. The topological polar surface area (TPSA) is 32.5 Å². The molecule has 2 N–H and O–H groups in total. The van der Waals surface area contributed by atoms with Crippen LogP contribution in [-0.2, 0) is 0 Å². The maximum absolute atomic E-state index is 6.08. The molecule has 1 fully saturated rings. The predicted molar refractivity (Wildman–Crippen MR) is 66.0 cm³/mol. The van der Waals surface area contributed by atoms with E-state index >= 15 is 0 Å². The average Bonchev–Trinajstić information content (AvgIpc) is 2.18. The third-order valence-corrected chi connectivity index (χ3v) is 3.36. The van der Waals surface area contributed by atoms with Gasteiger partial charge in [-0.25, -0.2) is 0 Å². The van der Waals surface area contributed by atoms with Crippen molar-refractivity contribution in [2.75, 3.05) is 33.7 Å². The normalized spacial score (nSPS) is 25.8. The zero-order chi connectivity index (χ0) is 11.3. The zero-order valence-electron chi connectivity index (χ0n) is 10.6. The number of likely N-dealkylation sites (tertiary alicyclic amines) is 1. The molecule has 2 unspecified atom stereocenters. The Labute approximate surface area is 94.6 Å². The van der Waals surface area contributed by atoms with Crippen molar-refractivity contribution in [2.24, 2.45) is 5.73 Å². The van der Waals surface area contributed by atoms with Gasteiger partial charge in [-0.2, -0.15) is 0 Å². The summed E-state index contributed by atoms with van der Waals surface area (Å²) in [5.74, 6) is 0. The van der Waals surface area contributed by atoms with E-state index in [0.29, 0.717) is 6.04 Å². The van der Waals surface area contributed by atoms with Crippen molar-refractivity contribution < 1.29 is 0 Å². The highest BCUT2D eigenvalue weighted by atomic mass is 15.2. The van der Waals surface area contributed by atoms with Crippen LogP contribution >= 0.6 is 0 Å². The summed E-state index contributed by atoms with van der Waals surface area (Å²) in [6.45, 7) is 5.73. The highest BCUT2D eigenvalue weighted by Crippen LogP contribution is 2.14. The van der Waals surface area contributed by atoms with E-state index in [1.54, 1.807) is 0 Å². The molecular formula is C12H27N3. The van der Waals surface area contributed by atoms with Gasteiger partial charge in [-0.3, -0.25) is 0 Å². The van der Waals surface area contributed by atoms with Crippen LogP contribution in [0.15, 0.2) is 0 Å². The van der Waals surface area contributed by atoms with Crippen LogP contribution in [0.2, 0.25) is 0 Å². The first-order chi connectivity index (χ1) is 7.13. The van der Waals surface area contributed by atoms with E-state index < -0.39 is 0 Å². The van der Waals surface area contributed by atoms with Gasteiger partial charge in [0, 0.05) is 25.2 Å². The van der Waals surface area contributed by atoms with Gasteiger partial charge in [0.05, 0.1) is 0 Å². The summed E-state index contributed by atoms with van der Waals surface area (Å²) in [5, 5.41) is 0. The SMILES string of the molecule is CCCC(N)CN1CCCC(N(C)C)C1. The Morgan fingerprint density at radius 2 is 2.20 bits per heavy atom. The summed E-state index contributed by atoms with van der Waals surface area (Å²) < 4.78 is 0. The van der Waals surface area contributed by atoms with Gasteiger partial charge in [0.25, 0.3) is 0 Å². The number of nitrogens with zero attached hydrogens (tertiary/aromatic N) is 2. The van der Waals surface area contributed by atoms with E-state index in [2.05, 4.69) is 30.8 Å². The smallest absolute Gasteiger partial charge is 0.0217 e. The molecule has 0 amide bonds. The fraction of sp³-hybridized carbons (Fsp3) is 1.00. The summed E-state index contributed by atoms with van der Waals surface area (Å²) >= 11 is 0. The fourth-order valence-electron chi connectivity index (χ4n) is 2.41.